The number of aliphatic hydroxyl groups excluding tert-OH is 1. The molecule has 0 aromatic carbocycles. The molecule has 24 heavy (non-hydrogen) atoms. The van der Waals surface area contributed by atoms with Crippen LogP contribution in [-0.4, -0.2) is 52.9 Å². The van der Waals surface area contributed by atoms with Crippen LogP contribution >= 0.6 is 15.9 Å². The van der Waals surface area contributed by atoms with Crippen molar-refractivity contribution in [2.24, 2.45) is 0 Å². The van der Waals surface area contributed by atoms with Gasteiger partial charge in [-0.25, -0.2) is 9.78 Å². The average Bonchev–Trinajstić information content (AvgIpc) is 2.52. The Morgan fingerprint density at radius 3 is 2.67 bits per heavy atom. The molecule has 1 aliphatic heterocycles. The molecule has 0 atom stereocenters. The first-order valence-electron chi connectivity index (χ1n) is 8.29. The van der Waals surface area contributed by atoms with Crippen molar-refractivity contribution in [3.8, 4) is 0 Å². The van der Waals surface area contributed by atoms with Crippen LogP contribution in [0.2, 0.25) is 0 Å². The lowest BCUT2D eigenvalue weighted by molar-refractivity contribution is 0.0204. The summed E-state index contributed by atoms with van der Waals surface area (Å²) in [6.07, 6.45) is 1.44. The van der Waals surface area contributed by atoms with Gasteiger partial charge in [0, 0.05) is 25.6 Å². The van der Waals surface area contributed by atoms with Crippen LogP contribution in [0.1, 0.15) is 45.2 Å². The Morgan fingerprint density at radius 2 is 2.08 bits per heavy atom. The van der Waals surface area contributed by atoms with E-state index in [1.165, 1.54) is 0 Å². The lowest BCUT2D eigenvalue weighted by atomic mass is 9.92. The van der Waals surface area contributed by atoms with E-state index in [0.717, 1.165) is 28.8 Å². The van der Waals surface area contributed by atoms with Gasteiger partial charge in [0.2, 0.25) is 0 Å². The van der Waals surface area contributed by atoms with Crippen LogP contribution in [0.5, 0.6) is 0 Å². The van der Waals surface area contributed by atoms with Crippen molar-refractivity contribution in [3.05, 3.63) is 22.4 Å². The maximum atomic E-state index is 12.2. The average molecular weight is 400 g/mol. The van der Waals surface area contributed by atoms with Crippen LogP contribution < -0.4 is 5.32 Å². The fraction of sp³-hybridized carbons (Fsp3) is 0.647. The number of hydrogen-bond donors (Lipinski definition) is 2. The normalized spacial score (nSPS) is 16.1. The second kappa shape index (κ2) is 8.16. The Kier molecular flexibility index (Phi) is 6.46. The molecule has 1 amide bonds. The number of aromatic nitrogens is 1. The summed E-state index contributed by atoms with van der Waals surface area (Å²) in [4.78, 5) is 18.5. The summed E-state index contributed by atoms with van der Waals surface area (Å²) in [7, 11) is 0. The van der Waals surface area contributed by atoms with Gasteiger partial charge in [0.05, 0.1) is 18.0 Å². The first-order valence-corrected chi connectivity index (χ1v) is 9.08. The van der Waals surface area contributed by atoms with Gasteiger partial charge in [-0.3, -0.25) is 0 Å². The first-order chi connectivity index (χ1) is 11.3. The van der Waals surface area contributed by atoms with E-state index < -0.39 is 5.60 Å². The summed E-state index contributed by atoms with van der Waals surface area (Å²) >= 11 is 3.43. The van der Waals surface area contributed by atoms with Gasteiger partial charge in [0.15, 0.2) is 0 Å². The van der Waals surface area contributed by atoms with E-state index >= 15 is 0 Å². The number of aliphatic hydroxyl groups is 1. The number of ether oxygens (including phenoxy) is 1. The quantitative estimate of drug-likeness (QED) is 0.759. The van der Waals surface area contributed by atoms with E-state index in [1.54, 1.807) is 4.90 Å². The lowest BCUT2D eigenvalue weighted by Gasteiger charge is -2.33. The zero-order chi connectivity index (χ0) is 17.7. The van der Waals surface area contributed by atoms with E-state index in [1.807, 2.05) is 32.9 Å². The molecule has 2 rings (SSSR count). The Hall–Kier alpha value is -1.34. The van der Waals surface area contributed by atoms with Crippen LogP contribution in [0.15, 0.2) is 16.7 Å². The summed E-state index contributed by atoms with van der Waals surface area (Å²) in [6.45, 7) is 7.52. The summed E-state index contributed by atoms with van der Waals surface area (Å²) in [5, 5.41) is 12.2. The highest BCUT2D eigenvalue weighted by Gasteiger charge is 2.29. The number of hydrogen-bond acceptors (Lipinski definition) is 5. The Morgan fingerprint density at radius 1 is 1.42 bits per heavy atom. The molecule has 0 aliphatic carbocycles. The molecule has 134 valence electrons. The molecule has 1 saturated heterocycles. The highest BCUT2D eigenvalue weighted by Crippen LogP contribution is 2.33. The summed E-state index contributed by atoms with van der Waals surface area (Å²) < 4.78 is 6.23. The third-order valence-corrected chi connectivity index (χ3v) is 4.29. The summed E-state index contributed by atoms with van der Waals surface area (Å²) in [5.74, 6) is 0.280. The van der Waals surface area contributed by atoms with Crippen molar-refractivity contribution < 1.29 is 14.6 Å². The molecule has 0 saturated carbocycles. The third-order valence-electron chi connectivity index (χ3n) is 3.85. The van der Waals surface area contributed by atoms with E-state index in [9.17, 15) is 4.79 Å². The molecule has 6 nitrogen and oxygen atoms in total. The number of rotatable bonds is 4. The summed E-state index contributed by atoms with van der Waals surface area (Å²) in [5.41, 5.74) is 1.46. The number of nitrogens with one attached hydrogen (secondary N) is 1. The van der Waals surface area contributed by atoms with Crippen LogP contribution in [0, 0.1) is 0 Å². The number of piperidine rings is 1. The minimum absolute atomic E-state index is 0.0760. The van der Waals surface area contributed by atoms with Gasteiger partial charge >= 0.3 is 6.09 Å². The monoisotopic (exact) mass is 399 g/mol. The van der Waals surface area contributed by atoms with Gasteiger partial charge in [0.1, 0.15) is 10.2 Å². The van der Waals surface area contributed by atoms with Crippen molar-refractivity contribution in [2.45, 2.75) is 45.1 Å². The van der Waals surface area contributed by atoms with E-state index in [-0.39, 0.29) is 18.6 Å². The van der Waals surface area contributed by atoms with E-state index in [0.29, 0.717) is 19.6 Å². The molecule has 0 radical (unpaired) electrons. The lowest BCUT2D eigenvalue weighted by Crippen LogP contribution is -2.41. The Bertz CT molecular complexity index is 567. The zero-order valence-electron chi connectivity index (χ0n) is 14.5. The number of nitrogens with zero attached hydrogens (tertiary/aromatic N) is 2. The number of carbonyl (C=O) groups is 1. The van der Waals surface area contributed by atoms with Crippen molar-refractivity contribution in [2.75, 3.05) is 31.6 Å². The van der Waals surface area contributed by atoms with Crippen molar-refractivity contribution in [1.82, 2.24) is 9.88 Å². The highest BCUT2D eigenvalue weighted by atomic mass is 79.9. The van der Waals surface area contributed by atoms with Crippen LogP contribution in [-0.2, 0) is 4.74 Å². The van der Waals surface area contributed by atoms with Crippen LogP contribution in [0.3, 0.4) is 0 Å². The number of anilines is 1. The van der Waals surface area contributed by atoms with E-state index in [4.69, 9.17) is 9.84 Å². The van der Waals surface area contributed by atoms with Gasteiger partial charge < -0.3 is 20.1 Å². The van der Waals surface area contributed by atoms with Crippen LogP contribution in [0.4, 0.5) is 10.5 Å². The minimum atomic E-state index is -0.471. The second-order valence-electron chi connectivity index (χ2n) is 6.96. The standard InChI is InChI=1S/C17H26BrN3O3/c1-17(2,3)24-16(23)21-9-6-12(7-10-21)15-13(19-8-11-22)4-5-14(18)20-15/h4-5,12,19,22H,6-11H2,1-3H3. The number of halogens is 1. The molecule has 1 aliphatic rings. The highest BCUT2D eigenvalue weighted by molar-refractivity contribution is 9.10. The third kappa shape index (κ3) is 5.34. The fourth-order valence-electron chi connectivity index (χ4n) is 2.76. The van der Waals surface area contributed by atoms with Gasteiger partial charge in [-0.2, -0.15) is 0 Å². The van der Waals surface area contributed by atoms with E-state index in [2.05, 4.69) is 26.2 Å². The molecule has 0 bridgehead atoms. The predicted octanol–water partition coefficient (Wildman–Crippen LogP) is 3.36. The minimum Gasteiger partial charge on any atom is -0.444 e. The predicted molar refractivity (Wildman–Crippen MR) is 97.3 cm³/mol. The maximum absolute atomic E-state index is 12.2. The number of pyridine rings is 1. The zero-order valence-corrected chi connectivity index (χ0v) is 16.1. The molecule has 1 fully saturated rings. The summed E-state index contributed by atoms with van der Waals surface area (Å²) in [6, 6.07) is 3.86. The van der Waals surface area contributed by atoms with Crippen molar-refractivity contribution in [1.29, 1.82) is 0 Å². The second-order valence-corrected chi connectivity index (χ2v) is 7.77. The molecule has 7 heteroatoms. The largest absolute Gasteiger partial charge is 0.444 e. The molecular weight excluding hydrogens is 374 g/mol. The molecular formula is C17H26BrN3O3. The Labute approximate surface area is 151 Å². The van der Waals surface area contributed by atoms with Gasteiger partial charge in [-0.15, -0.1) is 0 Å². The maximum Gasteiger partial charge on any atom is 0.410 e. The van der Waals surface area contributed by atoms with Gasteiger partial charge in [-0.05, 0) is 61.7 Å². The molecule has 2 N–H and O–H groups in total. The Balaban J connectivity index is 2.01. The first kappa shape index (κ1) is 19.0. The van der Waals surface area contributed by atoms with Crippen molar-refractivity contribution >= 4 is 27.7 Å². The molecule has 1 aromatic heterocycles. The van der Waals surface area contributed by atoms with Gasteiger partial charge in [0.25, 0.3) is 0 Å². The molecule has 0 spiro atoms. The fourth-order valence-corrected chi connectivity index (χ4v) is 3.09. The van der Waals surface area contributed by atoms with Crippen molar-refractivity contribution in [3.63, 3.8) is 0 Å². The molecule has 2 heterocycles. The molecule has 0 unspecified atom stereocenters. The number of likely N-dealkylation sites (tertiary alicyclic amines) is 1. The van der Waals surface area contributed by atoms with Crippen LogP contribution in [0.25, 0.3) is 0 Å². The number of amides is 1. The van der Waals surface area contributed by atoms with Gasteiger partial charge in [-0.1, -0.05) is 0 Å². The molecule has 1 aromatic rings. The topological polar surface area (TPSA) is 74.7 Å². The smallest absolute Gasteiger partial charge is 0.410 e. The SMILES string of the molecule is CC(C)(C)OC(=O)N1CCC(c2nc(Br)ccc2NCCO)CC1. The number of carbonyl (C=O) groups excluding carboxylic acids is 1.